The van der Waals surface area contributed by atoms with E-state index in [2.05, 4.69) is 11.4 Å². The number of amides is 2. The van der Waals surface area contributed by atoms with Crippen molar-refractivity contribution >= 4 is 23.2 Å². The summed E-state index contributed by atoms with van der Waals surface area (Å²) in [5.41, 5.74) is 1.88. The van der Waals surface area contributed by atoms with E-state index < -0.39 is 0 Å². The quantitative estimate of drug-likeness (QED) is 0.825. The van der Waals surface area contributed by atoms with Gasteiger partial charge in [-0.2, -0.15) is 0 Å². The average Bonchev–Trinajstić information content (AvgIpc) is 3.41. The molecule has 2 fully saturated rings. The fraction of sp³-hybridized carbons (Fsp3) is 0.429. The molecule has 2 aromatic rings. The van der Waals surface area contributed by atoms with E-state index in [0.29, 0.717) is 19.0 Å². The molecule has 0 bridgehead atoms. The lowest BCUT2D eigenvalue weighted by atomic mass is 9.95. The highest BCUT2D eigenvalue weighted by atomic mass is 32.1. The summed E-state index contributed by atoms with van der Waals surface area (Å²) >= 11 is 1.70. The van der Waals surface area contributed by atoms with Crippen LogP contribution in [0.3, 0.4) is 0 Å². The summed E-state index contributed by atoms with van der Waals surface area (Å²) < 4.78 is 0. The second-order valence-electron chi connectivity index (χ2n) is 7.15. The summed E-state index contributed by atoms with van der Waals surface area (Å²) in [6.07, 6.45) is 3.83. The van der Waals surface area contributed by atoms with Crippen molar-refractivity contribution < 1.29 is 9.59 Å². The fourth-order valence-electron chi connectivity index (χ4n) is 3.93. The van der Waals surface area contributed by atoms with Gasteiger partial charge in [-0.3, -0.25) is 9.59 Å². The number of carbonyl (C=O) groups excluding carboxylic acids is 2. The number of thiophene rings is 1. The topological polar surface area (TPSA) is 40.6 Å². The zero-order valence-electron chi connectivity index (χ0n) is 14.9. The summed E-state index contributed by atoms with van der Waals surface area (Å²) in [6, 6.07) is 12.0. The Morgan fingerprint density at radius 3 is 2.19 bits per heavy atom. The van der Waals surface area contributed by atoms with Gasteiger partial charge in [-0.1, -0.05) is 18.2 Å². The van der Waals surface area contributed by atoms with Gasteiger partial charge < -0.3 is 9.80 Å². The third-order valence-corrected chi connectivity index (χ3v) is 6.41. The van der Waals surface area contributed by atoms with Crippen molar-refractivity contribution in [3.63, 3.8) is 0 Å². The van der Waals surface area contributed by atoms with E-state index >= 15 is 0 Å². The maximum atomic E-state index is 12.8. The molecular weight excluding hydrogens is 344 g/mol. The lowest BCUT2D eigenvalue weighted by Crippen LogP contribution is -2.43. The predicted octanol–water partition coefficient (Wildman–Crippen LogP) is 3.89. The van der Waals surface area contributed by atoms with Gasteiger partial charge in [0.25, 0.3) is 5.91 Å². The molecule has 2 aliphatic heterocycles. The molecule has 0 spiro atoms. The molecule has 1 aromatic heterocycles. The van der Waals surface area contributed by atoms with Gasteiger partial charge in [0.2, 0.25) is 5.91 Å². The maximum Gasteiger partial charge on any atom is 0.253 e. The van der Waals surface area contributed by atoms with Crippen molar-refractivity contribution in [3.05, 3.63) is 47.3 Å². The van der Waals surface area contributed by atoms with Gasteiger partial charge in [0.05, 0.1) is 0 Å². The van der Waals surface area contributed by atoms with Crippen molar-refractivity contribution in [2.45, 2.75) is 25.7 Å². The van der Waals surface area contributed by atoms with Crippen molar-refractivity contribution in [1.29, 1.82) is 0 Å². The van der Waals surface area contributed by atoms with Crippen LogP contribution in [0.15, 0.2) is 41.8 Å². The molecule has 4 rings (SSSR count). The third kappa shape index (κ3) is 3.54. The second-order valence-corrected chi connectivity index (χ2v) is 8.10. The van der Waals surface area contributed by atoms with Crippen LogP contribution >= 0.6 is 11.3 Å². The van der Waals surface area contributed by atoms with E-state index in [1.807, 2.05) is 40.1 Å². The first-order valence-corrected chi connectivity index (χ1v) is 10.3. The van der Waals surface area contributed by atoms with Crippen molar-refractivity contribution in [1.82, 2.24) is 9.80 Å². The lowest BCUT2D eigenvalue weighted by molar-refractivity contribution is -0.135. The zero-order chi connectivity index (χ0) is 17.9. The molecule has 0 saturated carbocycles. The lowest BCUT2D eigenvalue weighted by Gasteiger charge is -2.33. The Balaban J connectivity index is 1.35. The maximum absolute atomic E-state index is 12.8. The van der Waals surface area contributed by atoms with Crippen LogP contribution in [0.1, 0.15) is 36.0 Å². The Kier molecular flexibility index (Phi) is 5.07. The standard InChI is InChI=1S/C21H24N2O2S/c24-20(17-7-5-16(6-8-17)19-4-3-15-26-19)23-13-9-18(10-14-23)21(25)22-11-1-2-12-22/h3-8,15,18H,1-2,9-14H2. The van der Waals surface area contributed by atoms with Gasteiger partial charge in [0.15, 0.2) is 0 Å². The van der Waals surface area contributed by atoms with Crippen molar-refractivity contribution in [3.8, 4) is 10.4 Å². The second kappa shape index (κ2) is 7.62. The molecule has 3 heterocycles. The van der Waals surface area contributed by atoms with Crippen LogP contribution in [0, 0.1) is 5.92 Å². The molecule has 4 nitrogen and oxygen atoms in total. The van der Waals surface area contributed by atoms with Gasteiger partial charge in [-0.25, -0.2) is 0 Å². The first kappa shape index (κ1) is 17.3. The van der Waals surface area contributed by atoms with Gasteiger partial charge in [0, 0.05) is 42.5 Å². The first-order chi connectivity index (χ1) is 12.7. The van der Waals surface area contributed by atoms with Crippen LogP contribution in [0.5, 0.6) is 0 Å². The molecule has 5 heteroatoms. The van der Waals surface area contributed by atoms with Crippen molar-refractivity contribution in [2.24, 2.45) is 5.92 Å². The predicted molar refractivity (Wildman–Crippen MR) is 104 cm³/mol. The molecule has 0 atom stereocenters. The zero-order valence-corrected chi connectivity index (χ0v) is 15.7. The molecule has 0 unspecified atom stereocenters. The Morgan fingerprint density at radius 2 is 1.58 bits per heavy atom. The molecule has 2 saturated heterocycles. The number of likely N-dealkylation sites (tertiary alicyclic amines) is 2. The summed E-state index contributed by atoms with van der Waals surface area (Å²) in [5, 5.41) is 2.06. The largest absolute Gasteiger partial charge is 0.342 e. The number of carbonyl (C=O) groups is 2. The van der Waals surface area contributed by atoms with Gasteiger partial charge in [0.1, 0.15) is 0 Å². The molecule has 2 aliphatic rings. The number of rotatable bonds is 3. The minimum Gasteiger partial charge on any atom is -0.342 e. The van der Waals surface area contributed by atoms with Crippen LogP contribution in [0.2, 0.25) is 0 Å². The normalized spacial score (nSPS) is 18.3. The Bertz CT molecular complexity index is 756. The number of hydrogen-bond donors (Lipinski definition) is 0. The summed E-state index contributed by atoms with van der Waals surface area (Å²) in [6.45, 7) is 3.18. The van der Waals surface area contributed by atoms with Gasteiger partial charge in [-0.15, -0.1) is 11.3 Å². The highest BCUT2D eigenvalue weighted by Crippen LogP contribution is 2.26. The van der Waals surface area contributed by atoms with E-state index in [1.54, 1.807) is 11.3 Å². The number of piperidine rings is 1. The van der Waals surface area contributed by atoms with Gasteiger partial charge in [-0.05, 0) is 54.8 Å². The third-order valence-electron chi connectivity index (χ3n) is 5.49. The molecule has 1 aromatic carbocycles. The van der Waals surface area contributed by atoms with Crippen LogP contribution in [0.4, 0.5) is 0 Å². The van der Waals surface area contributed by atoms with Crippen LogP contribution in [-0.4, -0.2) is 47.8 Å². The number of benzene rings is 1. The average molecular weight is 369 g/mol. The van der Waals surface area contributed by atoms with E-state index in [-0.39, 0.29) is 11.8 Å². The summed E-state index contributed by atoms with van der Waals surface area (Å²) in [4.78, 5) is 30.4. The smallest absolute Gasteiger partial charge is 0.253 e. The SMILES string of the molecule is O=C(c1ccc(-c2cccs2)cc1)N1CCC(C(=O)N2CCCC2)CC1. The summed E-state index contributed by atoms with van der Waals surface area (Å²) in [7, 11) is 0. The molecular formula is C21H24N2O2S. The number of hydrogen-bond acceptors (Lipinski definition) is 3. The molecule has 2 amide bonds. The minimum absolute atomic E-state index is 0.0785. The monoisotopic (exact) mass is 368 g/mol. The van der Waals surface area contributed by atoms with E-state index in [0.717, 1.165) is 49.9 Å². The Hall–Kier alpha value is -2.14. The highest BCUT2D eigenvalue weighted by Gasteiger charge is 2.31. The molecule has 0 radical (unpaired) electrons. The summed E-state index contributed by atoms with van der Waals surface area (Å²) in [5.74, 6) is 0.475. The van der Waals surface area contributed by atoms with Crippen molar-refractivity contribution in [2.75, 3.05) is 26.2 Å². The van der Waals surface area contributed by atoms with E-state index in [9.17, 15) is 9.59 Å². The Labute approximate surface area is 158 Å². The van der Waals surface area contributed by atoms with Crippen LogP contribution < -0.4 is 0 Å². The van der Waals surface area contributed by atoms with Crippen LogP contribution in [0.25, 0.3) is 10.4 Å². The molecule has 26 heavy (non-hydrogen) atoms. The van der Waals surface area contributed by atoms with Gasteiger partial charge >= 0.3 is 0 Å². The van der Waals surface area contributed by atoms with E-state index in [4.69, 9.17) is 0 Å². The minimum atomic E-state index is 0.0785. The fourth-order valence-corrected chi connectivity index (χ4v) is 4.66. The molecule has 136 valence electrons. The number of nitrogens with zero attached hydrogens (tertiary/aromatic N) is 2. The highest BCUT2D eigenvalue weighted by molar-refractivity contribution is 7.13. The first-order valence-electron chi connectivity index (χ1n) is 9.44. The molecule has 0 aliphatic carbocycles. The van der Waals surface area contributed by atoms with Crippen LogP contribution in [-0.2, 0) is 4.79 Å². The van der Waals surface area contributed by atoms with E-state index in [1.165, 1.54) is 4.88 Å². The Morgan fingerprint density at radius 1 is 0.885 bits per heavy atom. The molecule has 0 N–H and O–H groups in total.